The molecule has 0 bridgehead atoms. The Morgan fingerprint density at radius 3 is 2.72 bits per heavy atom. The number of nitrogens with one attached hydrogen (secondary N) is 1. The van der Waals surface area contributed by atoms with Gasteiger partial charge in [-0.05, 0) is 53.5 Å². The SMILES string of the molecule is Cc1ccc(S(=O)(=O)N(C)C2CCNC2)c(Br)c1. The van der Waals surface area contributed by atoms with E-state index in [4.69, 9.17) is 0 Å². The number of halogens is 1. The first-order valence-corrected chi connectivity index (χ1v) is 8.11. The van der Waals surface area contributed by atoms with Gasteiger partial charge in [0.15, 0.2) is 0 Å². The van der Waals surface area contributed by atoms with E-state index in [1.807, 2.05) is 19.1 Å². The molecule has 0 aromatic heterocycles. The van der Waals surface area contributed by atoms with Gasteiger partial charge in [-0.25, -0.2) is 8.42 Å². The number of likely N-dealkylation sites (N-methyl/N-ethyl adjacent to an activating group) is 1. The predicted molar refractivity (Wildman–Crippen MR) is 75.1 cm³/mol. The van der Waals surface area contributed by atoms with E-state index in [9.17, 15) is 8.42 Å². The van der Waals surface area contributed by atoms with E-state index in [1.165, 1.54) is 4.31 Å². The van der Waals surface area contributed by atoms with Crippen molar-refractivity contribution < 1.29 is 8.42 Å². The molecule has 0 aliphatic carbocycles. The number of hydrogen-bond acceptors (Lipinski definition) is 3. The zero-order valence-electron chi connectivity index (χ0n) is 10.5. The second-order valence-corrected chi connectivity index (χ2v) is 7.42. The average molecular weight is 333 g/mol. The molecule has 1 saturated heterocycles. The van der Waals surface area contributed by atoms with Gasteiger partial charge in [0.05, 0.1) is 4.90 Å². The second-order valence-electron chi connectivity index (χ2n) is 4.60. The summed E-state index contributed by atoms with van der Waals surface area (Å²) in [5.41, 5.74) is 1.03. The normalized spacial score (nSPS) is 20.6. The molecule has 0 amide bonds. The molecule has 6 heteroatoms. The summed E-state index contributed by atoms with van der Waals surface area (Å²) in [6, 6.07) is 5.35. The summed E-state index contributed by atoms with van der Waals surface area (Å²) in [7, 11) is -1.77. The summed E-state index contributed by atoms with van der Waals surface area (Å²) in [6.45, 7) is 3.53. The van der Waals surface area contributed by atoms with E-state index >= 15 is 0 Å². The molecule has 1 aliphatic heterocycles. The minimum Gasteiger partial charge on any atom is -0.315 e. The first-order valence-electron chi connectivity index (χ1n) is 5.88. The molecule has 2 rings (SSSR count). The third-order valence-corrected chi connectivity index (χ3v) is 6.18. The lowest BCUT2D eigenvalue weighted by molar-refractivity contribution is 0.387. The van der Waals surface area contributed by atoms with Crippen LogP contribution in [0.1, 0.15) is 12.0 Å². The lowest BCUT2D eigenvalue weighted by atomic mass is 10.2. The second kappa shape index (κ2) is 5.28. The Morgan fingerprint density at radius 2 is 2.17 bits per heavy atom. The van der Waals surface area contributed by atoms with Crippen LogP contribution in [-0.4, -0.2) is 38.9 Å². The van der Waals surface area contributed by atoms with Gasteiger partial charge in [-0.15, -0.1) is 0 Å². The summed E-state index contributed by atoms with van der Waals surface area (Å²) in [6.07, 6.45) is 0.860. The fourth-order valence-electron chi connectivity index (χ4n) is 2.12. The molecule has 100 valence electrons. The van der Waals surface area contributed by atoms with Gasteiger partial charge in [-0.2, -0.15) is 4.31 Å². The molecule has 1 aromatic rings. The fraction of sp³-hybridized carbons (Fsp3) is 0.500. The molecule has 1 N–H and O–H groups in total. The number of rotatable bonds is 3. The molecule has 0 spiro atoms. The van der Waals surface area contributed by atoms with E-state index in [0.717, 1.165) is 25.1 Å². The maximum Gasteiger partial charge on any atom is 0.244 e. The van der Waals surface area contributed by atoms with E-state index in [-0.39, 0.29) is 6.04 Å². The van der Waals surface area contributed by atoms with Gasteiger partial charge in [0.2, 0.25) is 10.0 Å². The van der Waals surface area contributed by atoms with E-state index in [1.54, 1.807) is 13.1 Å². The van der Waals surface area contributed by atoms with Gasteiger partial charge < -0.3 is 5.32 Å². The molecule has 1 aliphatic rings. The molecule has 1 unspecified atom stereocenters. The fourth-order valence-corrected chi connectivity index (χ4v) is 4.65. The van der Waals surface area contributed by atoms with Crippen LogP contribution in [0.15, 0.2) is 27.6 Å². The van der Waals surface area contributed by atoms with Gasteiger partial charge in [0.25, 0.3) is 0 Å². The molecular weight excluding hydrogens is 316 g/mol. The third kappa shape index (κ3) is 2.61. The molecule has 0 radical (unpaired) electrons. The highest BCUT2D eigenvalue weighted by molar-refractivity contribution is 9.10. The van der Waals surface area contributed by atoms with Crippen LogP contribution < -0.4 is 5.32 Å². The third-order valence-electron chi connectivity index (χ3n) is 3.29. The molecule has 1 aromatic carbocycles. The van der Waals surface area contributed by atoms with Crippen molar-refractivity contribution in [3.8, 4) is 0 Å². The van der Waals surface area contributed by atoms with Crippen LogP contribution in [-0.2, 0) is 10.0 Å². The molecular formula is C12H17BrN2O2S. The first-order chi connectivity index (χ1) is 8.43. The van der Waals surface area contributed by atoms with Crippen LogP contribution in [0.3, 0.4) is 0 Å². The molecule has 1 fully saturated rings. The van der Waals surface area contributed by atoms with Gasteiger partial charge in [0.1, 0.15) is 0 Å². The zero-order chi connectivity index (χ0) is 13.3. The topological polar surface area (TPSA) is 49.4 Å². The van der Waals surface area contributed by atoms with Crippen molar-refractivity contribution in [3.05, 3.63) is 28.2 Å². The van der Waals surface area contributed by atoms with E-state index in [2.05, 4.69) is 21.2 Å². The highest BCUT2D eigenvalue weighted by atomic mass is 79.9. The van der Waals surface area contributed by atoms with E-state index < -0.39 is 10.0 Å². The van der Waals surface area contributed by atoms with Gasteiger partial charge in [-0.3, -0.25) is 0 Å². The van der Waals surface area contributed by atoms with E-state index in [0.29, 0.717) is 9.37 Å². The van der Waals surface area contributed by atoms with Crippen molar-refractivity contribution in [1.29, 1.82) is 0 Å². The Morgan fingerprint density at radius 1 is 1.44 bits per heavy atom. The van der Waals surface area contributed by atoms with Crippen molar-refractivity contribution in [2.75, 3.05) is 20.1 Å². The zero-order valence-corrected chi connectivity index (χ0v) is 12.9. The number of sulfonamides is 1. The molecule has 1 heterocycles. The quantitative estimate of drug-likeness (QED) is 0.917. The Labute approximate surface area is 117 Å². The summed E-state index contributed by atoms with van der Waals surface area (Å²) in [4.78, 5) is 0.336. The van der Waals surface area contributed by atoms with Crippen molar-refractivity contribution >= 4 is 26.0 Å². The van der Waals surface area contributed by atoms with Gasteiger partial charge >= 0.3 is 0 Å². The maximum absolute atomic E-state index is 12.5. The van der Waals surface area contributed by atoms with Crippen molar-refractivity contribution in [2.24, 2.45) is 0 Å². The summed E-state index contributed by atoms with van der Waals surface area (Å²) < 4.78 is 27.1. The predicted octanol–water partition coefficient (Wildman–Crippen LogP) is 1.74. The standard InChI is InChI=1S/C12H17BrN2O2S/c1-9-3-4-12(11(13)7-9)18(16,17)15(2)10-5-6-14-8-10/h3-4,7,10,14H,5-6,8H2,1-2H3. The number of hydrogen-bond donors (Lipinski definition) is 1. The number of aryl methyl sites for hydroxylation is 1. The molecule has 0 saturated carbocycles. The lowest BCUT2D eigenvalue weighted by Crippen LogP contribution is -2.38. The van der Waals surface area contributed by atoms with Crippen LogP contribution in [0.2, 0.25) is 0 Å². The highest BCUT2D eigenvalue weighted by Crippen LogP contribution is 2.27. The highest BCUT2D eigenvalue weighted by Gasteiger charge is 2.31. The summed E-state index contributed by atoms with van der Waals surface area (Å²) in [5.74, 6) is 0. The molecule has 18 heavy (non-hydrogen) atoms. The van der Waals surface area contributed by atoms with Crippen LogP contribution >= 0.6 is 15.9 Å². The minimum absolute atomic E-state index is 0.0446. The Kier molecular flexibility index (Phi) is 4.11. The van der Waals surface area contributed by atoms with Crippen LogP contribution in [0.5, 0.6) is 0 Å². The lowest BCUT2D eigenvalue weighted by Gasteiger charge is -2.23. The first kappa shape index (κ1) is 14.0. The largest absolute Gasteiger partial charge is 0.315 e. The van der Waals surface area contributed by atoms with Crippen LogP contribution in [0, 0.1) is 6.92 Å². The summed E-state index contributed by atoms with van der Waals surface area (Å²) >= 11 is 3.34. The van der Waals surface area contributed by atoms with Gasteiger partial charge in [0, 0.05) is 24.1 Å². The monoisotopic (exact) mass is 332 g/mol. The Hall–Kier alpha value is -0.430. The average Bonchev–Trinajstić information content (AvgIpc) is 2.80. The van der Waals surface area contributed by atoms with Gasteiger partial charge in [-0.1, -0.05) is 6.07 Å². The van der Waals surface area contributed by atoms with Crippen LogP contribution in [0.4, 0.5) is 0 Å². The number of benzene rings is 1. The Balaban J connectivity index is 2.35. The minimum atomic E-state index is -3.42. The van der Waals surface area contributed by atoms with Crippen molar-refractivity contribution in [1.82, 2.24) is 9.62 Å². The van der Waals surface area contributed by atoms with Crippen LogP contribution in [0.25, 0.3) is 0 Å². The molecule has 1 atom stereocenters. The number of nitrogens with zero attached hydrogens (tertiary/aromatic N) is 1. The smallest absolute Gasteiger partial charge is 0.244 e. The maximum atomic E-state index is 12.5. The Bertz CT molecular complexity index is 539. The summed E-state index contributed by atoms with van der Waals surface area (Å²) in [5, 5.41) is 3.18. The molecule has 4 nitrogen and oxygen atoms in total. The van der Waals surface area contributed by atoms with Crippen molar-refractivity contribution in [2.45, 2.75) is 24.3 Å². The van der Waals surface area contributed by atoms with Crippen molar-refractivity contribution in [3.63, 3.8) is 0 Å².